The first kappa shape index (κ1) is 15.4. The Hall–Kier alpha value is -1.02. The summed E-state index contributed by atoms with van der Waals surface area (Å²) in [6.07, 6.45) is 7.60. The fourth-order valence-electron chi connectivity index (χ4n) is 3.08. The zero-order chi connectivity index (χ0) is 14.2. The predicted octanol–water partition coefficient (Wildman–Crippen LogP) is 4.50. The summed E-state index contributed by atoms with van der Waals surface area (Å²) < 4.78 is 5.66. The van der Waals surface area contributed by atoms with Crippen LogP contribution in [0.5, 0.6) is 5.75 Å². The summed E-state index contributed by atoms with van der Waals surface area (Å²) in [5, 5.41) is 3.69. The molecule has 0 radical (unpaired) electrons. The Morgan fingerprint density at radius 2 is 1.90 bits per heavy atom. The molecule has 2 unspecified atom stereocenters. The summed E-state index contributed by atoms with van der Waals surface area (Å²) in [6, 6.07) is 9.50. The van der Waals surface area contributed by atoms with Crippen LogP contribution in [-0.2, 0) is 0 Å². The molecule has 1 aliphatic rings. The van der Waals surface area contributed by atoms with Crippen molar-refractivity contribution in [1.29, 1.82) is 0 Å². The minimum Gasteiger partial charge on any atom is -0.494 e. The van der Waals surface area contributed by atoms with Gasteiger partial charge in [0, 0.05) is 6.04 Å². The Morgan fingerprint density at radius 3 is 2.60 bits per heavy atom. The molecular formula is C18H29NO. The Bertz CT molecular complexity index is 374. The lowest BCUT2D eigenvalue weighted by atomic mass is 9.81. The van der Waals surface area contributed by atoms with Crippen LogP contribution in [0.15, 0.2) is 24.3 Å². The van der Waals surface area contributed by atoms with Crippen LogP contribution < -0.4 is 10.1 Å². The van der Waals surface area contributed by atoms with Crippen LogP contribution in [0.2, 0.25) is 0 Å². The third-order valence-corrected chi connectivity index (χ3v) is 4.18. The minimum atomic E-state index is 0.713. The fraction of sp³-hybridized carbons (Fsp3) is 0.667. The number of rotatable bonds is 7. The lowest BCUT2D eigenvalue weighted by Gasteiger charge is -2.30. The first-order chi connectivity index (χ1) is 9.83. The van der Waals surface area contributed by atoms with E-state index in [4.69, 9.17) is 4.74 Å². The molecule has 0 bridgehead atoms. The van der Waals surface area contributed by atoms with E-state index in [0.717, 1.165) is 31.2 Å². The van der Waals surface area contributed by atoms with Gasteiger partial charge < -0.3 is 10.1 Å². The summed E-state index contributed by atoms with van der Waals surface area (Å²) in [5.41, 5.74) is 1.48. The number of nitrogens with one attached hydrogen (secondary N) is 1. The van der Waals surface area contributed by atoms with Crippen molar-refractivity contribution in [2.45, 2.75) is 64.3 Å². The minimum absolute atomic E-state index is 0.713. The maximum atomic E-state index is 5.66. The summed E-state index contributed by atoms with van der Waals surface area (Å²) >= 11 is 0. The highest BCUT2D eigenvalue weighted by Crippen LogP contribution is 2.33. The standard InChI is InChI=1S/C18H29NO/c1-3-12-19-17-7-5-6-16(14-17)15-8-10-18(11-9-15)20-13-4-2/h8-11,16-17,19H,3-7,12-14H2,1-2H3. The van der Waals surface area contributed by atoms with E-state index in [-0.39, 0.29) is 0 Å². The normalized spacial score (nSPS) is 22.7. The molecule has 1 N–H and O–H groups in total. The number of ether oxygens (including phenoxy) is 1. The van der Waals surface area contributed by atoms with Crippen LogP contribution >= 0.6 is 0 Å². The van der Waals surface area contributed by atoms with Crippen molar-refractivity contribution in [2.24, 2.45) is 0 Å². The van der Waals surface area contributed by atoms with Crippen LogP contribution in [0.1, 0.15) is 63.9 Å². The Labute approximate surface area is 123 Å². The summed E-state index contributed by atoms with van der Waals surface area (Å²) in [5.74, 6) is 1.73. The van der Waals surface area contributed by atoms with Crippen LogP contribution in [0.25, 0.3) is 0 Å². The zero-order valence-electron chi connectivity index (χ0n) is 13.0. The molecule has 20 heavy (non-hydrogen) atoms. The summed E-state index contributed by atoms with van der Waals surface area (Å²) in [4.78, 5) is 0. The van der Waals surface area contributed by atoms with Gasteiger partial charge in [-0.05, 0) is 62.3 Å². The monoisotopic (exact) mass is 275 g/mol. The number of hydrogen-bond acceptors (Lipinski definition) is 2. The molecule has 112 valence electrons. The van der Waals surface area contributed by atoms with Crippen LogP contribution in [0.3, 0.4) is 0 Å². The molecule has 1 fully saturated rings. The van der Waals surface area contributed by atoms with E-state index in [1.165, 1.54) is 37.7 Å². The maximum absolute atomic E-state index is 5.66. The van der Waals surface area contributed by atoms with Crippen molar-refractivity contribution in [3.05, 3.63) is 29.8 Å². The van der Waals surface area contributed by atoms with Crippen LogP contribution in [0, 0.1) is 0 Å². The zero-order valence-corrected chi connectivity index (χ0v) is 13.0. The SMILES string of the molecule is CCCNC1CCCC(c2ccc(OCCC)cc2)C1. The molecule has 2 heteroatoms. The highest BCUT2D eigenvalue weighted by molar-refractivity contribution is 5.29. The predicted molar refractivity (Wildman–Crippen MR) is 85.5 cm³/mol. The Balaban J connectivity index is 1.89. The largest absolute Gasteiger partial charge is 0.494 e. The van der Waals surface area contributed by atoms with Gasteiger partial charge in [-0.25, -0.2) is 0 Å². The topological polar surface area (TPSA) is 21.3 Å². The van der Waals surface area contributed by atoms with Crippen molar-refractivity contribution in [1.82, 2.24) is 5.32 Å². The molecule has 0 aromatic heterocycles. The van der Waals surface area contributed by atoms with Gasteiger partial charge in [0.25, 0.3) is 0 Å². The van der Waals surface area contributed by atoms with Gasteiger partial charge in [-0.15, -0.1) is 0 Å². The quantitative estimate of drug-likeness (QED) is 0.791. The molecular weight excluding hydrogens is 246 g/mol. The smallest absolute Gasteiger partial charge is 0.119 e. The second kappa shape index (κ2) is 8.31. The highest BCUT2D eigenvalue weighted by atomic mass is 16.5. The van der Waals surface area contributed by atoms with E-state index in [2.05, 4.69) is 43.4 Å². The molecule has 0 saturated heterocycles. The molecule has 1 aromatic rings. The highest BCUT2D eigenvalue weighted by Gasteiger charge is 2.22. The van der Waals surface area contributed by atoms with Gasteiger partial charge >= 0.3 is 0 Å². The van der Waals surface area contributed by atoms with Crippen LogP contribution in [-0.4, -0.2) is 19.2 Å². The van der Waals surface area contributed by atoms with Crippen molar-refractivity contribution < 1.29 is 4.74 Å². The maximum Gasteiger partial charge on any atom is 0.119 e. The first-order valence-electron chi connectivity index (χ1n) is 8.29. The van der Waals surface area contributed by atoms with E-state index < -0.39 is 0 Å². The Kier molecular flexibility index (Phi) is 6.38. The number of hydrogen-bond donors (Lipinski definition) is 1. The molecule has 0 aliphatic heterocycles. The van der Waals surface area contributed by atoms with Crippen molar-refractivity contribution in [3.63, 3.8) is 0 Å². The Morgan fingerprint density at radius 1 is 1.10 bits per heavy atom. The van der Waals surface area contributed by atoms with Crippen molar-refractivity contribution in [3.8, 4) is 5.75 Å². The van der Waals surface area contributed by atoms with Gasteiger partial charge in [0.15, 0.2) is 0 Å². The third-order valence-electron chi connectivity index (χ3n) is 4.18. The summed E-state index contributed by atoms with van der Waals surface area (Å²) in [7, 11) is 0. The van der Waals surface area contributed by atoms with E-state index in [0.29, 0.717) is 6.04 Å². The van der Waals surface area contributed by atoms with Gasteiger partial charge in [0.2, 0.25) is 0 Å². The van der Waals surface area contributed by atoms with Crippen molar-refractivity contribution in [2.75, 3.05) is 13.2 Å². The van der Waals surface area contributed by atoms with E-state index >= 15 is 0 Å². The van der Waals surface area contributed by atoms with Gasteiger partial charge in [-0.1, -0.05) is 32.4 Å². The molecule has 2 atom stereocenters. The first-order valence-corrected chi connectivity index (χ1v) is 8.29. The second-order valence-corrected chi connectivity index (χ2v) is 5.93. The second-order valence-electron chi connectivity index (χ2n) is 5.93. The van der Waals surface area contributed by atoms with Gasteiger partial charge in [0.05, 0.1) is 6.61 Å². The van der Waals surface area contributed by atoms with E-state index in [1.807, 2.05) is 0 Å². The number of benzene rings is 1. The molecule has 1 saturated carbocycles. The van der Waals surface area contributed by atoms with E-state index in [1.54, 1.807) is 0 Å². The van der Waals surface area contributed by atoms with E-state index in [9.17, 15) is 0 Å². The van der Waals surface area contributed by atoms with Gasteiger partial charge in [-0.2, -0.15) is 0 Å². The molecule has 0 spiro atoms. The molecule has 1 aromatic carbocycles. The average molecular weight is 275 g/mol. The molecule has 2 nitrogen and oxygen atoms in total. The average Bonchev–Trinajstić information content (AvgIpc) is 2.52. The fourth-order valence-corrected chi connectivity index (χ4v) is 3.08. The van der Waals surface area contributed by atoms with Crippen molar-refractivity contribution >= 4 is 0 Å². The van der Waals surface area contributed by atoms with Crippen LogP contribution in [0.4, 0.5) is 0 Å². The summed E-state index contributed by atoms with van der Waals surface area (Å²) in [6.45, 7) is 6.34. The lowest BCUT2D eigenvalue weighted by molar-refractivity contribution is 0.316. The molecule has 1 aliphatic carbocycles. The van der Waals surface area contributed by atoms with Gasteiger partial charge in [-0.3, -0.25) is 0 Å². The molecule has 2 rings (SSSR count). The third kappa shape index (κ3) is 4.52. The molecule has 0 amide bonds. The molecule has 0 heterocycles. The lowest BCUT2D eigenvalue weighted by Crippen LogP contribution is -2.33. The van der Waals surface area contributed by atoms with Gasteiger partial charge in [0.1, 0.15) is 5.75 Å².